The molecule has 4 rings (SSSR count). The van der Waals surface area contributed by atoms with Crippen molar-refractivity contribution >= 4 is 51.9 Å². The molecule has 6 nitrogen and oxygen atoms in total. The van der Waals surface area contributed by atoms with Gasteiger partial charge in [-0.25, -0.2) is 4.79 Å². The molecule has 1 amide bonds. The van der Waals surface area contributed by atoms with Crippen LogP contribution in [0.4, 0.5) is 5.69 Å². The molecule has 34 heavy (non-hydrogen) atoms. The number of thioether (sulfide) groups is 1. The predicted octanol–water partition coefficient (Wildman–Crippen LogP) is 5.69. The largest absolute Gasteiger partial charge is 0.493 e. The van der Waals surface area contributed by atoms with Gasteiger partial charge in [0.1, 0.15) is 6.61 Å². The minimum Gasteiger partial charge on any atom is -0.493 e. The number of hydrogen-bond acceptors (Lipinski definition) is 6. The van der Waals surface area contributed by atoms with Gasteiger partial charge in [0, 0.05) is 0 Å². The Morgan fingerprint density at radius 2 is 1.88 bits per heavy atom. The zero-order valence-electron chi connectivity index (χ0n) is 18.5. The van der Waals surface area contributed by atoms with Crippen LogP contribution in [-0.4, -0.2) is 28.4 Å². The average Bonchev–Trinajstić information content (AvgIpc) is 3.10. The Labute approximate surface area is 206 Å². The summed E-state index contributed by atoms with van der Waals surface area (Å²) in [4.78, 5) is 26.1. The molecule has 172 valence electrons. The molecule has 1 aliphatic heterocycles. The van der Waals surface area contributed by atoms with E-state index in [-0.39, 0.29) is 11.5 Å². The van der Waals surface area contributed by atoms with E-state index in [1.165, 1.54) is 17.0 Å². The lowest BCUT2D eigenvalue weighted by molar-refractivity contribution is -0.113. The van der Waals surface area contributed by atoms with Crippen LogP contribution in [0.3, 0.4) is 0 Å². The summed E-state index contributed by atoms with van der Waals surface area (Å²) in [6, 6.07) is 19.7. The maximum absolute atomic E-state index is 13.1. The minimum absolute atomic E-state index is 0.0847. The number of carbonyl (C=O) groups excluding carboxylic acids is 1. The van der Waals surface area contributed by atoms with Gasteiger partial charge in [-0.05, 0) is 54.5 Å². The van der Waals surface area contributed by atoms with E-state index in [9.17, 15) is 14.7 Å². The second kappa shape index (κ2) is 10.1. The average molecular weight is 492 g/mol. The monoisotopic (exact) mass is 491 g/mol. The number of carboxylic acid groups (broad SMARTS) is 1. The number of thiocarbonyl (C=S) groups is 1. The summed E-state index contributed by atoms with van der Waals surface area (Å²) in [7, 11) is 1.56. The van der Waals surface area contributed by atoms with Crippen molar-refractivity contribution in [1.82, 2.24) is 0 Å². The van der Waals surface area contributed by atoms with E-state index >= 15 is 0 Å². The number of amides is 1. The highest BCUT2D eigenvalue weighted by Crippen LogP contribution is 2.37. The van der Waals surface area contributed by atoms with Gasteiger partial charge < -0.3 is 14.6 Å². The summed E-state index contributed by atoms with van der Waals surface area (Å²) in [6.07, 6.45) is 1.73. The fraction of sp³-hybridized carbons (Fsp3) is 0.115. The summed E-state index contributed by atoms with van der Waals surface area (Å²) in [5, 5.41) is 9.24. The summed E-state index contributed by atoms with van der Waals surface area (Å²) in [5.41, 5.74) is 3.47. The first kappa shape index (κ1) is 23.5. The second-order valence-electron chi connectivity index (χ2n) is 7.56. The number of aromatic carboxylic acids is 1. The van der Waals surface area contributed by atoms with E-state index < -0.39 is 5.97 Å². The molecule has 0 atom stereocenters. The predicted molar refractivity (Wildman–Crippen MR) is 138 cm³/mol. The Balaban J connectivity index is 1.54. The molecular formula is C26H21NO5S2. The number of rotatable bonds is 7. The molecule has 1 heterocycles. The molecular weight excluding hydrogens is 470 g/mol. The first-order chi connectivity index (χ1) is 16.4. The summed E-state index contributed by atoms with van der Waals surface area (Å²) < 4.78 is 11.8. The first-order valence-corrected chi connectivity index (χ1v) is 11.6. The fourth-order valence-corrected chi connectivity index (χ4v) is 4.77. The highest BCUT2D eigenvalue weighted by Gasteiger charge is 2.33. The quantitative estimate of drug-likeness (QED) is 0.336. The topological polar surface area (TPSA) is 76.1 Å². The zero-order valence-corrected chi connectivity index (χ0v) is 20.1. The van der Waals surface area contributed by atoms with E-state index in [2.05, 4.69) is 6.07 Å². The van der Waals surface area contributed by atoms with Gasteiger partial charge in [-0.2, -0.15) is 0 Å². The minimum atomic E-state index is -1.07. The molecule has 0 bridgehead atoms. The van der Waals surface area contributed by atoms with Crippen LogP contribution < -0.4 is 14.4 Å². The number of nitrogens with zero attached hydrogens (tertiary/aromatic N) is 1. The van der Waals surface area contributed by atoms with E-state index in [1.807, 2.05) is 31.2 Å². The van der Waals surface area contributed by atoms with E-state index in [0.29, 0.717) is 33.0 Å². The van der Waals surface area contributed by atoms with Crippen LogP contribution in [0.2, 0.25) is 0 Å². The van der Waals surface area contributed by atoms with Crippen LogP contribution in [0, 0.1) is 6.92 Å². The SMILES string of the molecule is COc1cc(/C=C2/SC(=S)N(c3cccc(C(=O)O)c3)C2=O)ccc1OCc1cccc(C)c1. The Hall–Kier alpha value is -3.62. The van der Waals surface area contributed by atoms with Crippen LogP contribution in [0.15, 0.2) is 71.6 Å². The third-order valence-corrected chi connectivity index (χ3v) is 6.41. The lowest BCUT2D eigenvalue weighted by Crippen LogP contribution is -2.27. The maximum atomic E-state index is 13.1. The number of carboxylic acids is 1. The standard InChI is InChI=1S/C26H21NO5S2/c1-16-5-3-6-18(11-16)15-32-21-10-9-17(12-22(21)31-2)13-23-24(28)27(26(33)34-23)20-8-4-7-19(14-20)25(29)30/h3-14H,15H2,1-2H3,(H,29,30)/b23-13+. The molecule has 0 radical (unpaired) electrons. The highest BCUT2D eigenvalue weighted by atomic mass is 32.2. The van der Waals surface area contributed by atoms with Gasteiger partial charge in [0.25, 0.3) is 5.91 Å². The number of benzene rings is 3. The second-order valence-corrected chi connectivity index (χ2v) is 9.24. The lowest BCUT2D eigenvalue weighted by Gasteiger charge is -2.15. The lowest BCUT2D eigenvalue weighted by atomic mass is 10.1. The third kappa shape index (κ3) is 5.13. The first-order valence-electron chi connectivity index (χ1n) is 10.3. The number of carbonyl (C=O) groups is 2. The smallest absolute Gasteiger partial charge is 0.335 e. The van der Waals surface area contributed by atoms with Crippen LogP contribution in [0.25, 0.3) is 6.08 Å². The van der Waals surface area contributed by atoms with E-state index in [4.69, 9.17) is 21.7 Å². The van der Waals surface area contributed by atoms with Crippen molar-refractivity contribution in [2.24, 2.45) is 0 Å². The van der Waals surface area contributed by atoms with Crippen molar-refractivity contribution in [2.45, 2.75) is 13.5 Å². The van der Waals surface area contributed by atoms with Crippen molar-refractivity contribution in [3.05, 3.63) is 93.9 Å². The van der Waals surface area contributed by atoms with E-state index in [1.54, 1.807) is 37.5 Å². The van der Waals surface area contributed by atoms with E-state index in [0.717, 1.165) is 28.5 Å². The van der Waals surface area contributed by atoms with Gasteiger partial charge in [0.05, 0.1) is 23.3 Å². The molecule has 0 unspecified atom stereocenters. The normalized spacial score (nSPS) is 14.5. The van der Waals surface area contributed by atoms with Crippen LogP contribution >= 0.6 is 24.0 Å². The molecule has 1 saturated heterocycles. The van der Waals surface area contributed by atoms with Crippen molar-refractivity contribution in [1.29, 1.82) is 0 Å². The molecule has 3 aromatic carbocycles. The molecule has 3 aromatic rings. The Kier molecular flexibility index (Phi) is 7.00. The van der Waals surface area contributed by atoms with Crippen LogP contribution in [0.5, 0.6) is 11.5 Å². The van der Waals surface area contributed by atoms with Gasteiger partial charge >= 0.3 is 5.97 Å². The molecule has 1 fully saturated rings. The summed E-state index contributed by atoms with van der Waals surface area (Å²) in [5.74, 6) is -0.235. The molecule has 0 aromatic heterocycles. The Morgan fingerprint density at radius 3 is 2.62 bits per heavy atom. The summed E-state index contributed by atoms with van der Waals surface area (Å²) >= 11 is 6.56. The van der Waals surface area contributed by atoms with Crippen molar-refractivity contribution in [3.63, 3.8) is 0 Å². The van der Waals surface area contributed by atoms with Crippen molar-refractivity contribution in [2.75, 3.05) is 12.0 Å². The fourth-order valence-electron chi connectivity index (χ4n) is 3.48. The number of methoxy groups -OCH3 is 1. The molecule has 8 heteroatoms. The zero-order chi connectivity index (χ0) is 24.2. The van der Waals surface area contributed by atoms with Crippen molar-refractivity contribution < 1.29 is 24.2 Å². The number of hydrogen-bond donors (Lipinski definition) is 1. The van der Waals surface area contributed by atoms with Crippen molar-refractivity contribution in [3.8, 4) is 11.5 Å². The van der Waals surface area contributed by atoms with Gasteiger partial charge in [-0.15, -0.1) is 0 Å². The summed E-state index contributed by atoms with van der Waals surface area (Å²) in [6.45, 7) is 2.44. The van der Waals surface area contributed by atoms with Crippen LogP contribution in [0.1, 0.15) is 27.0 Å². The van der Waals surface area contributed by atoms with Gasteiger partial charge in [0.15, 0.2) is 15.8 Å². The highest BCUT2D eigenvalue weighted by molar-refractivity contribution is 8.27. The number of anilines is 1. The molecule has 0 saturated carbocycles. The molecule has 1 aliphatic rings. The Bertz CT molecular complexity index is 1320. The molecule has 1 N–H and O–H groups in total. The maximum Gasteiger partial charge on any atom is 0.335 e. The third-order valence-electron chi connectivity index (χ3n) is 5.11. The number of ether oxygens (including phenoxy) is 2. The molecule has 0 aliphatic carbocycles. The number of aryl methyl sites for hydroxylation is 1. The van der Waals surface area contributed by atoms with Gasteiger partial charge in [0.2, 0.25) is 0 Å². The Morgan fingerprint density at radius 1 is 1.09 bits per heavy atom. The van der Waals surface area contributed by atoms with Gasteiger partial charge in [-0.3, -0.25) is 9.69 Å². The van der Waals surface area contributed by atoms with Crippen LogP contribution in [-0.2, 0) is 11.4 Å². The van der Waals surface area contributed by atoms with Gasteiger partial charge in [-0.1, -0.05) is 65.9 Å². The molecule has 0 spiro atoms.